The number of aromatic nitrogens is 1. The van der Waals surface area contributed by atoms with Crippen molar-refractivity contribution in [3.63, 3.8) is 0 Å². The quantitative estimate of drug-likeness (QED) is 0.763. The van der Waals surface area contributed by atoms with E-state index < -0.39 is 5.41 Å². The lowest BCUT2D eigenvalue weighted by Crippen LogP contribution is -2.28. The molecular weight excluding hydrogens is 336 g/mol. The van der Waals surface area contributed by atoms with Crippen LogP contribution in [0.1, 0.15) is 41.8 Å². The van der Waals surface area contributed by atoms with E-state index in [1.54, 1.807) is 17.5 Å². The van der Waals surface area contributed by atoms with Crippen molar-refractivity contribution in [3.8, 4) is 0 Å². The highest BCUT2D eigenvalue weighted by atomic mass is 32.1. The van der Waals surface area contributed by atoms with E-state index in [0.29, 0.717) is 30.0 Å². The van der Waals surface area contributed by atoms with E-state index in [1.165, 1.54) is 11.3 Å². The lowest BCUT2D eigenvalue weighted by molar-refractivity contribution is -0.123. The molecule has 0 aliphatic rings. The van der Waals surface area contributed by atoms with E-state index in [2.05, 4.69) is 15.6 Å². The van der Waals surface area contributed by atoms with E-state index >= 15 is 0 Å². The number of carbonyl (C=O) groups excluding carboxylic acids is 2. The van der Waals surface area contributed by atoms with Crippen LogP contribution in [0.5, 0.6) is 0 Å². The fourth-order valence-corrected chi connectivity index (χ4v) is 2.79. The number of nitrogens with two attached hydrogens (primary N) is 1. The van der Waals surface area contributed by atoms with Crippen LogP contribution >= 0.6 is 11.3 Å². The van der Waals surface area contributed by atoms with Gasteiger partial charge in [0, 0.05) is 28.6 Å². The Balaban J connectivity index is 2.13. The number of nitrogens with one attached hydrogen (secondary N) is 2. The van der Waals surface area contributed by atoms with Gasteiger partial charge in [0.1, 0.15) is 5.69 Å². The van der Waals surface area contributed by atoms with E-state index in [-0.39, 0.29) is 11.8 Å². The number of thiazole rings is 1. The topological polar surface area (TPSA) is 97.1 Å². The zero-order valence-corrected chi connectivity index (χ0v) is 15.8. The van der Waals surface area contributed by atoms with Gasteiger partial charge in [-0.2, -0.15) is 0 Å². The second kappa shape index (κ2) is 7.76. The minimum atomic E-state index is -0.494. The van der Waals surface area contributed by atoms with Crippen LogP contribution in [0.4, 0.5) is 11.4 Å². The molecule has 0 aliphatic heterocycles. The normalized spacial score (nSPS) is 11.2. The molecule has 1 heterocycles. The van der Waals surface area contributed by atoms with Gasteiger partial charge in [-0.05, 0) is 31.2 Å². The zero-order chi connectivity index (χ0) is 18.6. The zero-order valence-electron chi connectivity index (χ0n) is 15.0. The van der Waals surface area contributed by atoms with E-state index in [0.717, 1.165) is 10.6 Å². The van der Waals surface area contributed by atoms with Gasteiger partial charge in [0.25, 0.3) is 5.91 Å². The van der Waals surface area contributed by atoms with Crippen molar-refractivity contribution in [3.05, 3.63) is 39.8 Å². The Kier molecular flexibility index (Phi) is 5.92. The second-order valence-electron chi connectivity index (χ2n) is 6.85. The molecule has 0 radical (unpaired) electrons. The second-order valence-corrected chi connectivity index (χ2v) is 7.80. The summed E-state index contributed by atoms with van der Waals surface area (Å²) in [6.07, 6.45) is 0.658. The number of nitrogens with zero attached hydrogens (tertiary/aromatic N) is 1. The van der Waals surface area contributed by atoms with Crippen molar-refractivity contribution in [2.45, 2.75) is 34.1 Å². The largest absolute Gasteiger partial charge is 0.330 e. The molecule has 0 atom stereocenters. The summed E-state index contributed by atoms with van der Waals surface area (Å²) in [5, 5.41) is 8.28. The Labute approximate surface area is 151 Å². The molecular formula is C18H24N4O2S. The number of amides is 2. The predicted molar refractivity (Wildman–Crippen MR) is 102 cm³/mol. The van der Waals surface area contributed by atoms with Gasteiger partial charge in [-0.25, -0.2) is 4.98 Å². The van der Waals surface area contributed by atoms with Crippen molar-refractivity contribution >= 4 is 34.5 Å². The minimum Gasteiger partial charge on any atom is -0.330 e. The maximum Gasteiger partial charge on any atom is 0.275 e. The standard InChI is InChI=1S/C18H24N4O2S/c1-11-5-6-12(9-13(11)22-17(24)18(2,3)4)20-16(23)14-10-25-15(21-14)7-8-19/h5-6,9-10H,7-8,19H2,1-4H3,(H,20,23)(H,22,24). The van der Waals surface area contributed by atoms with Crippen molar-refractivity contribution in [1.82, 2.24) is 4.98 Å². The molecule has 1 aromatic heterocycles. The smallest absolute Gasteiger partial charge is 0.275 e. The summed E-state index contributed by atoms with van der Waals surface area (Å²) < 4.78 is 0. The van der Waals surface area contributed by atoms with Crippen LogP contribution in [-0.4, -0.2) is 23.3 Å². The maximum atomic E-state index is 12.3. The molecule has 0 spiro atoms. The first-order chi connectivity index (χ1) is 11.7. The predicted octanol–water partition coefficient (Wildman–Crippen LogP) is 3.19. The third-order valence-electron chi connectivity index (χ3n) is 3.57. The van der Waals surface area contributed by atoms with Gasteiger partial charge in [-0.1, -0.05) is 26.8 Å². The van der Waals surface area contributed by atoms with Gasteiger partial charge in [-0.15, -0.1) is 11.3 Å². The molecule has 2 amide bonds. The summed E-state index contributed by atoms with van der Waals surface area (Å²) in [6.45, 7) is 7.96. The molecule has 134 valence electrons. The number of anilines is 2. The summed E-state index contributed by atoms with van der Waals surface area (Å²) >= 11 is 1.42. The fourth-order valence-electron chi connectivity index (χ4n) is 1.99. The third-order valence-corrected chi connectivity index (χ3v) is 4.48. The van der Waals surface area contributed by atoms with Gasteiger partial charge >= 0.3 is 0 Å². The van der Waals surface area contributed by atoms with Crippen molar-refractivity contribution in [2.24, 2.45) is 11.1 Å². The molecule has 7 heteroatoms. The SMILES string of the molecule is Cc1ccc(NC(=O)c2csc(CCN)n2)cc1NC(=O)C(C)(C)C. The first-order valence-corrected chi connectivity index (χ1v) is 8.96. The third kappa shape index (κ3) is 5.11. The van der Waals surface area contributed by atoms with Crippen LogP contribution < -0.4 is 16.4 Å². The van der Waals surface area contributed by atoms with E-state index in [9.17, 15) is 9.59 Å². The van der Waals surface area contributed by atoms with Crippen molar-refractivity contribution in [2.75, 3.05) is 17.2 Å². The summed E-state index contributed by atoms with van der Waals surface area (Å²) in [5.41, 5.74) is 7.59. The number of benzene rings is 1. The van der Waals surface area contributed by atoms with Gasteiger partial charge < -0.3 is 16.4 Å². The first kappa shape index (κ1) is 19.1. The van der Waals surface area contributed by atoms with Crippen LogP contribution in [0, 0.1) is 12.3 Å². The number of carbonyl (C=O) groups is 2. The summed E-state index contributed by atoms with van der Waals surface area (Å²) in [5.74, 6) is -0.360. The van der Waals surface area contributed by atoms with Gasteiger partial charge in [0.2, 0.25) is 5.91 Å². The highest BCUT2D eigenvalue weighted by molar-refractivity contribution is 7.09. The van der Waals surface area contributed by atoms with Crippen molar-refractivity contribution < 1.29 is 9.59 Å². The first-order valence-electron chi connectivity index (χ1n) is 8.08. The number of hydrogen-bond donors (Lipinski definition) is 3. The Bertz CT molecular complexity index is 778. The molecule has 1 aromatic carbocycles. The van der Waals surface area contributed by atoms with Crippen LogP contribution in [0.3, 0.4) is 0 Å². The Hall–Kier alpha value is -2.25. The summed E-state index contributed by atoms with van der Waals surface area (Å²) in [4.78, 5) is 28.8. The molecule has 0 saturated heterocycles. The molecule has 6 nitrogen and oxygen atoms in total. The molecule has 0 saturated carbocycles. The number of hydrogen-bond acceptors (Lipinski definition) is 5. The maximum absolute atomic E-state index is 12.3. The van der Waals surface area contributed by atoms with Crippen molar-refractivity contribution in [1.29, 1.82) is 0 Å². The monoisotopic (exact) mass is 360 g/mol. The summed E-state index contributed by atoms with van der Waals surface area (Å²) in [7, 11) is 0. The van der Waals surface area contributed by atoms with Gasteiger partial charge in [0.05, 0.1) is 5.01 Å². The molecule has 4 N–H and O–H groups in total. The van der Waals surface area contributed by atoms with E-state index in [4.69, 9.17) is 5.73 Å². The molecule has 0 bridgehead atoms. The van der Waals surface area contributed by atoms with Crippen LogP contribution in [0.25, 0.3) is 0 Å². The summed E-state index contributed by atoms with van der Waals surface area (Å²) in [6, 6.07) is 5.41. The molecule has 0 fully saturated rings. The highest BCUT2D eigenvalue weighted by Gasteiger charge is 2.22. The number of rotatable bonds is 5. The lowest BCUT2D eigenvalue weighted by Gasteiger charge is -2.19. The van der Waals surface area contributed by atoms with Crippen LogP contribution in [0.15, 0.2) is 23.6 Å². The molecule has 2 rings (SSSR count). The molecule has 2 aromatic rings. The van der Waals surface area contributed by atoms with Crippen LogP contribution in [0.2, 0.25) is 0 Å². The number of aryl methyl sites for hydroxylation is 1. The molecule has 0 aliphatic carbocycles. The minimum absolute atomic E-state index is 0.0787. The molecule has 25 heavy (non-hydrogen) atoms. The highest BCUT2D eigenvalue weighted by Crippen LogP contribution is 2.24. The fraction of sp³-hybridized carbons (Fsp3) is 0.389. The van der Waals surface area contributed by atoms with Gasteiger partial charge in [0.15, 0.2) is 0 Å². The molecule has 0 unspecified atom stereocenters. The average molecular weight is 360 g/mol. The Morgan fingerprint density at radius 2 is 1.96 bits per heavy atom. The van der Waals surface area contributed by atoms with E-state index in [1.807, 2.05) is 33.8 Å². The average Bonchev–Trinajstić information content (AvgIpc) is 2.99. The van der Waals surface area contributed by atoms with Crippen LogP contribution in [-0.2, 0) is 11.2 Å². The lowest BCUT2D eigenvalue weighted by atomic mass is 9.95. The Morgan fingerprint density at radius 3 is 2.60 bits per heavy atom. The van der Waals surface area contributed by atoms with Gasteiger partial charge in [-0.3, -0.25) is 9.59 Å². The Morgan fingerprint density at radius 1 is 1.24 bits per heavy atom.